The fourth-order valence-electron chi connectivity index (χ4n) is 3.57. The van der Waals surface area contributed by atoms with Crippen molar-refractivity contribution in [3.8, 4) is 0 Å². The highest BCUT2D eigenvalue weighted by molar-refractivity contribution is 5.97. The standard InChI is InChI=1S/C21H24FN3O3/c22-17-4-1-3-16(13-17)15-25-18-5-10-28-20(18)14-19(25)21(26)23-6-2-7-24-8-11-27-12-9-24/h1,3-5,10,13-14H,2,6-9,11-12,15H2,(H,23,26). The molecule has 28 heavy (non-hydrogen) atoms. The fraction of sp³-hybridized carbons (Fsp3) is 0.381. The first kappa shape index (κ1) is 18.7. The Balaban J connectivity index is 1.42. The zero-order chi connectivity index (χ0) is 19.3. The summed E-state index contributed by atoms with van der Waals surface area (Å²) < 4.78 is 26.2. The molecule has 3 aromatic rings. The third-order valence-electron chi connectivity index (χ3n) is 5.03. The van der Waals surface area contributed by atoms with Gasteiger partial charge in [-0.25, -0.2) is 4.39 Å². The Morgan fingerprint density at radius 3 is 2.86 bits per heavy atom. The van der Waals surface area contributed by atoms with Gasteiger partial charge in [0, 0.05) is 38.3 Å². The monoisotopic (exact) mass is 385 g/mol. The van der Waals surface area contributed by atoms with Gasteiger partial charge in [0.25, 0.3) is 5.91 Å². The van der Waals surface area contributed by atoms with Gasteiger partial charge in [0.2, 0.25) is 0 Å². The largest absolute Gasteiger partial charge is 0.463 e. The first-order valence-corrected chi connectivity index (χ1v) is 9.60. The van der Waals surface area contributed by atoms with Crippen LogP contribution in [0.15, 0.2) is 47.1 Å². The van der Waals surface area contributed by atoms with Gasteiger partial charge < -0.3 is 19.0 Å². The number of amides is 1. The van der Waals surface area contributed by atoms with Gasteiger partial charge in [-0.15, -0.1) is 0 Å². The third kappa shape index (κ3) is 4.26. The summed E-state index contributed by atoms with van der Waals surface area (Å²) >= 11 is 0. The molecule has 2 aromatic heterocycles. The molecule has 1 aliphatic rings. The maximum atomic E-state index is 13.5. The highest BCUT2D eigenvalue weighted by Crippen LogP contribution is 2.22. The number of benzene rings is 1. The van der Waals surface area contributed by atoms with Gasteiger partial charge in [-0.2, -0.15) is 0 Å². The number of aromatic nitrogens is 1. The number of carbonyl (C=O) groups is 1. The molecule has 1 N–H and O–H groups in total. The van der Waals surface area contributed by atoms with Gasteiger partial charge >= 0.3 is 0 Å². The Morgan fingerprint density at radius 1 is 1.18 bits per heavy atom. The van der Waals surface area contributed by atoms with Gasteiger partial charge in [-0.05, 0) is 30.7 Å². The molecule has 1 aliphatic heterocycles. The van der Waals surface area contributed by atoms with E-state index in [2.05, 4.69) is 10.2 Å². The minimum atomic E-state index is -0.290. The van der Waals surface area contributed by atoms with E-state index in [1.165, 1.54) is 12.1 Å². The second kappa shape index (κ2) is 8.58. The molecular formula is C21H24FN3O3. The maximum absolute atomic E-state index is 13.5. The number of ether oxygens (including phenoxy) is 1. The molecule has 0 atom stereocenters. The van der Waals surface area contributed by atoms with Crippen molar-refractivity contribution in [2.45, 2.75) is 13.0 Å². The summed E-state index contributed by atoms with van der Waals surface area (Å²) in [5.41, 5.74) is 2.78. The smallest absolute Gasteiger partial charge is 0.268 e. The highest BCUT2D eigenvalue weighted by atomic mass is 19.1. The third-order valence-corrected chi connectivity index (χ3v) is 5.03. The number of rotatable bonds is 7. The molecular weight excluding hydrogens is 361 g/mol. The number of furan rings is 1. The maximum Gasteiger partial charge on any atom is 0.268 e. The van der Waals surface area contributed by atoms with E-state index in [0.29, 0.717) is 24.4 Å². The molecule has 1 fully saturated rings. The van der Waals surface area contributed by atoms with Crippen molar-refractivity contribution in [2.24, 2.45) is 0 Å². The molecule has 0 bridgehead atoms. The van der Waals surface area contributed by atoms with Crippen LogP contribution in [0.3, 0.4) is 0 Å². The molecule has 0 spiro atoms. The van der Waals surface area contributed by atoms with Crippen molar-refractivity contribution in [2.75, 3.05) is 39.4 Å². The minimum Gasteiger partial charge on any atom is -0.463 e. The molecule has 0 aliphatic carbocycles. The molecule has 148 valence electrons. The molecule has 7 heteroatoms. The first-order chi connectivity index (χ1) is 13.7. The van der Waals surface area contributed by atoms with Gasteiger partial charge in [0.15, 0.2) is 5.58 Å². The quantitative estimate of drug-likeness (QED) is 0.636. The van der Waals surface area contributed by atoms with Crippen LogP contribution in [0, 0.1) is 5.82 Å². The minimum absolute atomic E-state index is 0.148. The lowest BCUT2D eigenvalue weighted by molar-refractivity contribution is 0.0374. The van der Waals surface area contributed by atoms with Gasteiger partial charge in [0.1, 0.15) is 11.5 Å². The number of nitrogens with zero attached hydrogens (tertiary/aromatic N) is 2. The Labute approximate surface area is 162 Å². The van der Waals surface area contributed by atoms with Crippen LogP contribution < -0.4 is 5.32 Å². The van der Waals surface area contributed by atoms with E-state index in [4.69, 9.17) is 9.15 Å². The zero-order valence-electron chi connectivity index (χ0n) is 15.7. The lowest BCUT2D eigenvalue weighted by Crippen LogP contribution is -2.38. The van der Waals surface area contributed by atoms with Crippen LogP contribution in [-0.2, 0) is 11.3 Å². The van der Waals surface area contributed by atoms with Crippen LogP contribution in [0.25, 0.3) is 11.1 Å². The Hall–Kier alpha value is -2.64. The summed E-state index contributed by atoms with van der Waals surface area (Å²) in [6.45, 7) is 5.38. The van der Waals surface area contributed by atoms with E-state index >= 15 is 0 Å². The van der Waals surface area contributed by atoms with Crippen molar-refractivity contribution in [1.29, 1.82) is 0 Å². The van der Waals surface area contributed by atoms with Gasteiger partial charge in [0.05, 0.1) is 25.0 Å². The van der Waals surface area contributed by atoms with E-state index in [9.17, 15) is 9.18 Å². The first-order valence-electron chi connectivity index (χ1n) is 9.60. The van der Waals surface area contributed by atoms with E-state index in [0.717, 1.165) is 50.3 Å². The number of carbonyl (C=O) groups excluding carboxylic acids is 1. The van der Waals surface area contributed by atoms with E-state index in [1.807, 2.05) is 16.7 Å². The summed E-state index contributed by atoms with van der Waals surface area (Å²) in [7, 11) is 0. The lowest BCUT2D eigenvalue weighted by Gasteiger charge is -2.26. The van der Waals surface area contributed by atoms with Crippen LogP contribution in [0.1, 0.15) is 22.5 Å². The average Bonchev–Trinajstić information content (AvgIpc) is 3.29. The molecule has 6 nitrogen and oxygen atoms in total. The number of nitrogens with one attached hydrogen (secondary N) is 1. The van der Waals surface area contributed by atoms with E-state index < -0.39 is 0 Å². The Kier molecular flexibility index (Phi) is 5.73. The van der Waals surface area contributed by atoms with E-state index in [-0.39, 0.29) is 11.7 Å². The van der Waals surface area contributed by atoms with Crippen molar-refractivity contribution in [1.82, 2.24) is 14.8 Å². The topological polar surface area (TPSA) is 59.6 Å². The zero-order valence-corrected chi connectivity index (χ0v) is 15.7. The lowest BCUT2D eigenvalue weighted by atomic mass is 10.2. The van der Waals surface area contributed by atoms with Crippen molar-refractivity contribution in [3.05, 3.63) is 59.7 Å². The molecule has 0 unspecified atom stereocenters. The Morgan fingerprint density at radius 2 is 2.04 bits per heavy atom. The molecule has 1 aromatic carbocycles. The number of hydrogen-bond acceptors (Lipinski definition) is 4. The molecule has 0 radical (unpaired) electrons. The summed E-state index contributed by atoms with van der Waals surface area (Å²) in [5.74, 6) is -0.438. The van der Waals surface area contributed by atoms with Gasteiger partial charge in [-0.3, -0.25) is 9.69 Å². The number of morpholine rings is 1. The second-order valence-corrected chi connectivity index (χ2v) is 6.98. The van der Waals surface area contributed by atoms with Crippen LogP contribution in [0.4, 0.5) is 4.39 Å². The summed E-state index contributed by atoms with van der Waals surface area (Å²) in [5, 5.41) is 2.99. The molecule has 3 heterocycles. The summed E-state index contributed by atoms with van der Waals surface area (Å²) in [6.07, 6.45) is 2.48. The van der Waals surface area contributed by atoms with Crippen molar-refractivity contribution >= 4 is 17.0 Å². The van der Waals surface area contributed by atoms with Crippen molar-refractivity contribution < 1.29 is 18.3 Å². The van der Waals surface area contributed by atoms with Crippen LogP contribution in [0.2, 0.25) is 0 Å². The SMILES string of the molecule is O=C(NCCCN1CCOCC1)c1cc2occc2n1Cc1cccc(F)c1. The summed E-state index contributed by atoms with van der Waals surface area (Å²) in [6, 6.07) is 9.98. The molecule has 0 saturated carbocycles. The van der Waals surface area contributed by atoms with Crippen LogP contribution >= 0.6 is 0 Å². The predicted octanol–water partition coefficient (Wildman–Crippen LogP) is 2.87. The highest BCUT2D eigenvalue weighted by Gasteiger charge is 2.18. The van der Waals surface area contributed by atoms with Gasteiger partial charge in [-0.1, -0.05) is 12.1 Å². The molecule has 1 saturated heterocycles. The second-order valence-electron chi connectivity index (χ2n) is 6.98. The van der Waals surface area contributed by atoms with E-state index in [1.54, 1.807) is 18.4 Å². The predicted molar refractivity (Wildman–Crippen MR) is 104 cm³/mol. The molecule has 4 rings (SSSR count). The Bertz CT molecular complexity index is 943. The van der Waals surface area contributed by atoms with Crippen LogP contribution in [-0.4, -0.2) is 54.8 Å². The normalized spacial score (nSPS) is 15.2. The average molecular weight is 385 g/mol. The molecule has 1 amide bonds. The summed E-state index contributed by atoms with van der Waals surface area (Å²) in [4.78, 5) is 15.1. The number of halogens is 1. The fourth-order valence-corrected chi connectivity index (χ4v) is 3.57. The number of hydrogen-bond donors (Lipinski definition) is 1. The van der Waals surface area contributed by atoms with Crippen LogP contribution in [0.5, 0.6) is 0 Å². The van der Waals surface area contributed by atoms with Crippen molar-refractivity contribution in [3.63, 3.8) is 0 Å². The number of fused-ring (bicyclic) bond motifs is 1.